The minimum Gasteiger partial charge on any atom is -0.497 e. The molecule has 15 heavy (non-hydrogen) atoms. The lowest BCUT2D eigenvalue weighted by atomic mass is 9.77. The van der Waals surface area contributed by atoms with Crippen LogP contribution in [0.5, 0.6) is 5.75 Å². The van der Waals surface area contributed by atoms with Gasteiger partial charge in [0, 0.05) is 0 Å². The Hall–Kier alpha value is -1.02. The Morgan fingerprint density at radius 3 is 2.93 bits per heavy atom. The number of benzene rings is 1. The zero-order valence-corrected chi connectivity index (χ0v) is 9.42. The van der Waals surface area contributed by atoms with Crippen LogP contribution in [0.15, 0.2) is 18.2 Å². The summed E-state index contributed by atoms with van der Waals surface area (Å²) in [6, 6.07) is 6.03. The van der Waals surface area contributed by atoms with Crippen LogP contribution in [0.4, 0.5) is 0 Å². The summed E-state index contributed by atoms with van der Waals surface area (Å²) < 4.78 is 5.21. The molecule has 1 aliphatic carbocycles. The fraction of sp³-hybridized carbons (Fsp3) is 0.538. The number of methoxy groups -OCH3 is 1. The van der Waals surface area contributed by atoms with E-state index in [1.165, 1.54) is 5.56 Å². The van der Waals surface area contributed by atoms with E-state index in [-0.39, 0.29) is 0 Å². The van der Waals surface area contributed by atoms with Crippen LogP contribution in [0.2, 0.25) is 0 Å². The van der Waals surface area contributed by atoms with Crippen molar-refractivity contribution in [3.63, 3.8) is 0 Å². The second-order valence-electron chi connectivity index (χ2n) is 4.26. The molecule has 1 aliphatic rings. The van der Waals surface area contributed by atoms with Gasteiger partial charge in [0.1, 0.15) is 5.75 Å². The zero-order chi connectivity index (χ0) is 10.9. The molecule has 1 aromatic rings. The van der Waals surface area contributed by atoms with Crippen molar-refractivity contribution in [1.82, 2.24) is 0 Å². The molecule has 2 nitrogen and oxygen atoms in total. The summed E-state index contributed by atoms with van der Waals surface area (Å²) in [7, 11) is 1.66. The molecule has 0 aliphatic heterocycles. The fourth-order valence-electron chi connectivity index (χ4n) is 2.41. The van der Waals surface area contributed by atoms with Gasteiger partial charge in [0.05, 0.1) is 12.7 Å². The number of ether oxygens (including phenoxy) is 1. The van der Waals surface area contributed by atoms with E-state index in [2.05, 4.69) is 6.07 Å². The van der Waals surface area contributed by atoms with Crippen LogP contribution in [0.25, 0.3) is 0 Å². The first-order valence-electron chi connectivity index (χ1n) is 5.59. The maximum atomic E-state index is 10.5. The first kappa shape index (κ1) is 10.5. The molecular formula is C13H18O2. The smallest absolute Gasteiger partial charge is 0.119 e. The van der Waals surface area contributed by atoms with E-state index < -0.39 is 5.60 Å². The first-order valence-corrected chi connectivity index (χ1v) is 5.59. The molecule has 0 aromatic heterocycles. The molecular weight excluding hydrogens is 188 g/mol. The second kappa shape index (κ2) is 3.86. The largest absolute Gasteiger partial charge is 0.497 e. The SMILES string of the molecule is CCC1(O)CCCc2ccc(OC)cc21. The second-order valence-corrected chi connectivity index (χ2v) is 4.26. The Morgan fingerprint density at radius 2 is 2.27 bits per heavy atom. The number of rotatable bonds is 2. The van der Waals surface area contributed by atoms with Crippen LogP contribution < -0.4 is 4.74 Å². The highest BCUT2D eigenvalue weighted by Crippen LogP contribution is 2.39. The van der Waals surface area contributed by atoms with Crippen molar-refractivity contribution in [3.05, 3.63) is 29.3 Å². The van der Waals surface area contributed by atoms with Crippen molar-refractivity contribution in [2.45, 2.75) is 38.2 Å². The summed E-state index contributed by atoms with van der Waals surface area (Å²) in [5.74, 6) is 0.836. The quantitative estimate of drug-likeness (QED) is 0.806. The molecule has 1 unspecified atom stereocenters. The van der Waals surface area contributed by atoms with Gasteiger partial charge in [-0.05, 0) is 48.9 Å². The Morgan fingerprint density at radius 1 is 1.47 bits per heavy atom. The molecule has 1 atom stereocenters. The molecule has 0 heterocycles. The number of hydrogen-bond acceptors (Lipinski definition) is 2. The highest BCUT2D eigenvalue weighted by Gasteiger charge is 2.32. The van der Waals surface area contributed by atoms with Gasteiger partial charge in [0.25, 0.3) is 0 Å². The van der Waals surface area contributed by atoms with Gasteiger partial charge < -0.3 is 9.84 Å². The third kappa shape index (κ3) is 1.74. The number of fused-ring (bicyclic) bond motifs is 1. The molecule has 0 spiro atoms. The zero-order valence-electron chi connectivity index (χ0n) is 9.42. The molecule has 0 amide bonds. The van der Waals surface area contributed by atoms with Gasteiger partial charge in [-0.1, -0.05) is 13.0 Å². The summed E-state index contributed by atoms with van der Waals surface area (Å²) in [4.78, 5) is 0. The molecule has 0 saturated heterocycles. The Bertz CT molecular complexity index is 360. The van der Waals surface area contributed by atoms with Crippen molar-refractivity contribution in [3.8, 4) is 5.75 Å². The molecule has 82 valence electrons. The first-order chi connectivity index (χ1) is 7.19. The van der Waals surface area contributed by atoms with Crippen LogP contribution in [-0.2, 0) is 12.0 Å². The minimum atomic E-state index is -0.637. The van der Waals surface area contributed by atoms with E-state index in [4.69, 9.17) is 4.74 Å². The van der Waals surface area contributed by atoms with Crippen LogP contribution in [0.3, 0.4) is 0 Å². The maximum Gasteiger partial charge on any atom is 0.119 e. The summed E-state index contributed by atoms with van der Waals surface area (Å²) in [6.45, 7) is 2.04. The highest BCUT2D eigenvalue weighted by atomic mass is 16.5. The molecule has 0 radical (unpaired) electrons. The van der Waals surface area contributed by atoms with Gasteiger partial charge in [-0.15, -0.1) is 0 Å². The van der Waals surface area contributed by atoms with E-state index >= 15 is 0 Å². The Kier molecular flexibility index (Phi) is 2.70. The van der Waals surface area contributed by atoms with Crippen molar-refractivity contribution < 1.29 is 9.84 Å². The van der Waals surface area contributed by atoms with Crippen molar-refractivity contribution in [2.75, 3.05) is 7.11 Å². The predicted octanol–water partition coefficient (Wildman–Crippen LogP) is 2.63. The fourth-order valence-corrected chi connectivity index (χ4v) is 2.41. The molecule has 1 aromatic carbocycles. The van der Waals surface area contributed by atoms with Crippen LogP contribution >= 0.6 is 0 Å². The van der Waals surface area contributed by atoms with Gasteiger partial charge in [-0.3, -0.25) is 0 Å². The topological polar surface area (TPSA) is 29.5 Å². The monoisotopic (exact) mass is 206 g/mol. The lowest BCUT2D eigenvalue weighted by Gasteiger charge is -2.33. The third-order valence-corrected chi connectivity index (χ3v) is 3.44. The number of hydrogen-bond donors (Lipinski definition) is 1. The molecule has 1 N–H and O–H groups in total. The lowest BCUT2D eigenvalue weighted by molar-refractivity contribution is 0.0146. The van der Waals surface area contributed by atoms with Gasteiger partial charge in [0.2, 0.25) is 0 Å². The highest BCUT2D eigenvalue weighted by molar-refractivity contribution is 5.40. The van der Waals surface area contributed by atoms with E-state index in [0.29, 0.717) is 0 Å². The summed E-state index contributed by atoms with van der Waals surface area (Å²) in [5.41, 5.74) is 1.70. The number of aliphatic hydroxyl groups is 1. The minimum absolute atomic E-state index is 0.637. The average Bonchev–Trinajstić information content (AvgIpc) is 2.29. The van der Waals surface area contributed by atoms with Crippen LogP contribution in [0, 0.1) is 0 Å². The molecule has 0 fully saturated rings. The van der Waals surface area contributed by atoms with Crippen molar-refractivity contribution >= 4 is 0 Å². The van der Waals surface area contributed by atoms with Gasteiger partial charge in [0.15, 0.2) is 0 Å². The standard InChI is InChI=1S/C13H18O2/c1-3-13(14)8-4-5-10-6-7-11(15-2)9-12(10)13/h6-7,9,14H,3-5,8H2,1-2H3. The van der Waals surface area contributed by atoms with E-state index in [0.717, 1.165) is 37.0 Å². The molecule has 2 rings (SSSR count). The molecule has 0 bridgehead atoms. The normalized spacial score (nSPS) is 24.7. The third-order valence-electron chi connectivity index (χ3n) is 3.44. The van der Waals surface area contributed by atoms with E-state index in [1.807, 2.05) is 19.1 Å². The van der Waals surface area contributed by atoms with Gasteiger partial charge >= 0.3 is 0 Å². The van der Waals surface area contributed by atoms with Crippen LogP contribution in [-0.4, -0.2) is 12.2 Å². The van der Waals surface area contributed by atoms with E-state index in [1.54, 1.807) is 7.11 Å². The van der Waals surface area contributed by atoms with Crippen molar-refractivity contribution in [2.24, 2.45) is 0 Å². The average molecular weight is 206 g/mol. The predicted molar refractivity (Wildman–Crippen MR) is 60.1 cm³/mol. The summed E-state index contributed by atoms with van der Waals surface area (Å²) in [6.07, 6.45) is 3.78. The van der Waals surface area contributed by atoms with Gasteiger partial charge in [-0.25, -0.2) is 0 Å². The lowest BCUT2D eigenvalue weighted by Crippen LogP contribution is -2.29. The molecule has 2 heteroatoms. The Labute approximate surface area is 90.9 Å². The number of aryl methyl sites for hydroxylation is 1. The van der Waals surface area contributed by atoms with E-state index in [9.17, 15) is 5.11 Å². The van der Waals surface area contributed by atoms with Crippen LogP contribution in [0.1, 0.15) is 37.3 Å². The summed E-state index contributed by atoms with van der Waals surface area (Å²) in [5, 5.41) is 10.5. The van der Waals surface area contributed by atoms with Gasteiger partial charge in [-0.2, -0.15) is 0 Å². The summed E-state index contributed by atoms with van der Waals surface area (Å²) >= 11 is 0. The van der Waals surface area contributed by atoms with Crippen molar-refractivity contribution in [1.29, 1.82) is 0 Å². The Balaban J connectivity index is 2.48. The molecule has 0 saturated carbocycles. The maximum absolute atomic E-state index is 10.5.